The second-order valence-corrected chi connectivity index (χ2v) is 7.97. The number of carbonyl (C=O) groups is 1. The SMILES string of the molecule is CCNC(=NCC(=O)N1CCc2ccccc2C1)N(C)Cc1ncc(-c2ccccc2)[nH]1.I. The van der Waals surface area contributed by atoms with Crippen molar-refractivity contribution in [3.8, 4) is 11.3 Å². The van der Waals surface area contributed by atoms with Gasteiger partial charge < -0.3 is 20.1 Å². The molecule has 4 rings (SSSR count). The van der Waals surface area contributed by atoms with Crippen molar-refractivity contribution >= 4 is 35.8 Å². The van der Waals surface area contributed by atoms with Crippen LogP contribution in [0.2, 0.25) is 0 Å². The highest BCUT2D eigenvalue weighted by Crippen LogP contribution is 2.19. The summed E-state index contributed by atoms with van der Waals surface area (Å²) < 4.78 is 0. The lowest BCUT2D eigenvalue weighted by atomic mass is 10.00. The van der Waals surface area contributed by atoms with Gasteiger partial charge in [-0.1, -0.05) is 54.6 Å². The first-order valence-electron chi connectivity index (χ1n) is 11.1. The molecule has 7 nitrogen and oxygen atoms in total. The lowest BCUT2D eigenvalue weighted by Gasteiger charge is -2.28. The molecule has 0 unspecified atom stereocenters. The molecule has 8 heteroatoms. The number of rotatable bonds is 6. The predicted octanol–water partition coefficient (Wildman–Crippen LogP) is 3.68. The van der Waals surface area contributed by atoms with Gasteiger partial charge >= 0.3 is 0 Å². The molecule has 3 aromatic rings. The Labute approximate surface area is 212 Å². The highest BCUT2D eigenvalue weighted by atomic mass is 127. The number of fused-ring (bicyclic) bond motifs is 1. The van der Waals surface area contributed by atoms with Crippen molar-refractivity contribution in [1.82, 2.24) is 25.1 Å². The number of carbonyl (C=O) groups excluding carboxylic acids is 1. The average Bonchev–Trinajstić information content (AvgIpc) is 3.30. The van der Waals surface area contributed by atoms with Gasteiger partial charge in [-0.2, -0.15) is 0 Å². The van der Waals surface area contributed by atoms with E-state index in [1.54, 1.807) is 0 Å². The van der Waals surface area contributed by atoms with E-state index in [4.69, 9.17) is 0 Å². The molecular weight excluding hydrogens is 527 g/mol. The van der Waals surface area contributed by atoms with E-state index in [0.29, 0.717) is 19.0 Å². The molecule has 0 fully saturated rings. The van der Waals surface area contributed by atoms with Crippen molar-refractivity contribution in [1.29, 1.82) is 0 Å². The molecular formula is C25H31IN6O. The maximum atomic E-state index is 12.8. The van der Waals surface area contributed by atoms with Crippen molar-refractivity contribution in [3.05, 3.63) is 77.7 Å². The number of guanidine groups is 1. The lowest BCUT2D eigenvalue weighted by molar-refractivity contribution is -0.130. The van der Waals surface area contributed by atoms with Crippen LogP contribution in [0.3, 0.4) is 0 Å². The summed E-state index contributed by atoms with van der Waals surface area (Å²) in [6.45, 7) is 4.83. The summed E-state index contributed by atoms with van der Waals surface area (Å²) in [6, 6.07) is 18.5. The largest absolute Gasteiger partial charge is 0.357 e. The van der Waals surface area contributed by atoms with Gasteiger partial charge in [0.15, 0.2) is 5.96 Å². The van der Waals surface area contributed by atoms with Crippen molar-refractivity contribution in [2.24, 2.45) is 4.99 Å². The quantitative estimate of drug-likeness (QED) is 0.275. The van der Waals surface area contributed by atoms with Gasteiger partial charge in [0.1, 0.15) is 12.4 Å². The number of aromatic nitrogens is 2. The number of nitrogens with zero attached hydrogens (tertiary/aromatic N) is 4. The van der Waals surface area contributed by atoms with Crippen LogP contribution >= 0.6 is 24.0 Å². The molecule has 1 aromatic heterocycles. The van der Waals surface area contributed by atoms with Gasteiger partial charge in [-0.25, -0.2) is 9.98 Å². The zero-order chi connectivity index (χ0) is 22.3. The summed E-state index contributed by atoms with van der Waals surface area (Å²) in [5.41, 5.74) is 4.65. The van der Waals surface area contributed by atoms with Gasteiger partial charge in [0.05, 0.1) is 18.4 Å². The number of hydrogen-bond acceptors (Lipinski definition) is 3. The van der Waals surface area contributed by atoms with E-state index in [-0.39, 0.29) is 36.4 Å². The molecule has 2 aromatic carbocycles. The van der Waals surface area contributed by atoms with E-state index in [1.807, 2.05) is 54.2 Å². The Kier molecular flexibility index (Phi) is 8.87. The number of aliphatic imine (C=N–C) groups is 1. The smallest absolute Gasteiger partial charge is 0.244 e. The van der Waals surface area contributed by atoms with Crippen molar-refractivity contribution in [2.45, 2.75) is 26.4 Å². The summed E-state index contributed by atoms with van der Waals surface area (Å²) in [6.07, 6.45) is 2.74. The summed E-state index contributed by atoms with van der Waals surface area (Å²) in [5.74, 6) is 1.58. The molecule has 1 amide bonds. The zero-order valence-corrected chi connectivity index (χ0v) is 21.5. The van der Waals surface area contributed by atoms with Crippen LogP contribution in [0.25, 0.3) is 11.3 Å². The molecule has 174 valence electrons. The van der Waals surface area contributed by atoms with E-state index < -0.39 is 0 Å². The molecule has 0 atom stereocenters. The predicted molar refractivity (Wildman–Crippen MR) is 142 cm³/mol. The van der Waals surface area contributed by atoms with Crippen LogP contribution in [-0.2, 0) is 24.3 Å². The van der Waals surface area contributed by atoms with Crippen molar-refractivity contribution in [2.75, 3.05) is 26.7 Å². The minimum atomic E-state index is 0. The number of aromatic amines is 1. The van der Waals surface area contributed by atoms with Crippen molar-refractivity contribution in [3.63, 3.8) is 0 Å². The molecule has 0 saturated heterocycles. The highest BCUT2D eigenvalue weighted by Gasteiger charge is 2.20. The van der Waals surface area contributed by atoms with Crippen LogP contribution in [0.1, 0.15) is 23.9 Å². The van der Waals surface area contributed by atoms with Gasteiger partial charge in [0.25, 0.3) is 0 Å². The number of H-pyrrole nitrogens is 1. The lowest BCUT2D eigenvalue weighted by Crippen LogP contribution is -2.41. The summed E-state index contributed by atoms with van der Waals surface area (Å²) in [4.78, 5) is 29.2. The Bertz CT molecular complexity index is 1080. The number of benzene rings is 2. The zero-order valence-electron chi connectivity index (χ0n) is 19.1. The average molecular weight is 558 g/mol. The molecule has 0 radical (unpaired) electrons. The fourth-order valence-corrected chi connectivity index (χ4v) is 3.93. The second kappa shape index (κ2) is 11.8. The topological polar surface area (TPSA) is 76.6 Å². The fraction of sp³-hybridized carbons (Fsp3) is 0.320. The Hall–Kier alpha value is -2.88. The summed E-state index contributed by atoms with van der Waals surface area (Å²) in [7, 11) is 1.95. The van der Waals surface area contributed by atoms with Crippen LogP contribution in [0.15, 0.2) is 65.8 Å². The molecule has 0 aliphatic carbocycles. The van der Waals surface area contributed by atoms with Gasteiger partial charge in [0, 0.05) is 26.7 Å². The molecule has 2 heterocycles. The molecule has 0 spiro atoms. The maximum absolute atomic E-state index is 12.8. The Balaban J connectivity index is 0.00000306. The van der Waals surface area contributed by atoms with Crippen molar-refractivity contribution < 1.29 is 4.79 Å². The minimum Gasteiger partial charge on any atom is -0.357 e. The molecule has 33 heavy (non-hydrogen) atoms. The van der Waals surface area contributed by atoms with Gasteiger partial charge in [-0.15, -0.1) is 24.0 Å². The molecule has 1 aliphatic rings. The number of nitrogens with one attached hydrogen (secondary N) is 2. The third-order valence-corrected chi connectivity index (χ3v) is 5.64. The van der Waals surface area contributed by atoms with E-state index in [9.17, 15) is 4.79 Å². The minimum absolute atomic E-state index is 0. The summed E-state index contributed by atoms with van der Waals surface area (Å²) >= 11 is 0. The number of hydrogen-bond donors (Lipinski definition) is 2. The van der Waals surface area contributed by atoms with E-state index >= 15 is 0 Å². The molecule has 1 aliphatic heterocycles. The summed E-state index contributed by atoms with van der Waals surface area (Å²) in [5, 5.41) is 3.28. The Morgan fingerprint density at radius 2 is 1.88 bits per heavy atom. The Morgan fingerprint density at radius 1 is 1.15 bits per heavy atom. The van der Waals surface area contributed by atoms with Crippen LogP contribution in [0, 0.1) is 0 Å². The van der Waals surface area contributed by atoms with Crippen LogP contribution in [0.4, 0.5) is 0 Å². The maximum Gasteiger partial charge on any atom is 0.244 e. The van der Waals surface area contributed by atoms with E-state index in [0.717, 1.165) is 36.6 Å². The number of imidazole rings is 1. The first kappa shape index (κ1) is 24.8. The van der Waals surface area contributed by atoms with E-state index in [2.05, 4.69) is 50.6 Å². The monoisotopic (exact) mass is 558 g/mol. The third kappa shape index (κ3) is 6.34. The molecule has 2 N–H and O–H groups in total. The van der Waals surface area contributed by atoms with Gasteiger partial charge in [-0.3, -0.25) is 4.79 Å². The van der Waals surface area contributed by atoms with E-state index in [1.165, 1.54) is 11.1 Å². The first-order chi connectivity index (χ1) is 15.6. The second-order valence-electron chi connectivity index (χ2n) is 7.97. The van der Waals surface area contributed by atoms with Gasteiger partial charge in [-0.05, 0) is 30.0 Å². The highest BCUT2D eigenvalue weighted by molar-refractivity contribution is 14.0. The standard InChI is InChI=1S/C25H30N6O.HI/c1-3-26-25(28-16-24(32)31-14-13-19-9-7-8-12-21(19)17-31)30(2)18-23-27-15-22(29-23)20-10-5-4-6-11-20;/h4-12,15H,3,13-14,16-18H2,1-2H3,(H,26,28)(H,27,29);1H. The normalized spacial score (nSPS) is 13.2. The van der Waals surface area contributed by atoms with Crippen LogP contribution in [0.5, 0.6) is 0 Å². The fourth-order valence-electron chi connectivity index (χ4n) is 3.93. The third-order valence-electron chi connectivity index (χ3n) is 5.64. The van der Waals surface area contributed by atoms with Crippen LogP contribution < -0.4 is 5.32 Å². The Morgan fingerprint density at radius 3 is 2.64 bits per heavy atom. The van der Waals surface area contributed by atoms with Gasteiger partial charge in [0.2, 0.25) is 5.91 Å². The first-order valence-corrected chi connectivity index (χ1v) is 11.1. The molecule has 0 saturated carbocycles. The number of halogens is 1. The number of amides is 1. The molecule has 0 bridgehead atoms. The van der Waals surface area contributed by atoms with Crippen LogP contribution in [-0.4, -0.2) is 58.3 Å².